The molecule has 0 bridgehead atoms. The van der Waals surface area contributed by atoms with Gasteiger partial charge in [-0.3, -0.25) is 0 Å². The molecule has 0 aromatic carbocycles. The molecule has 1 fully saturated rings. The summed E-state index contributed by atoms with van der Waals surface area (Å²) in [5.74, 6) is 1.78. The van der Waals surface area contributed by atoms with Crippen molar-refractivity contribution in [1.82, 2.24) is 10.1 Å². The van der Waals surface area contributed by atoms with Gasteiger partial charge in [-0.05, 0) is 24.7 Å². The van der Waals surface area contributed by atoms with E-state index in [0.717, 1.165) is 19.3 Å². The largest absolute Gasteiger partial charge is 0.393 e. The second-order valence-corrected chi connectivity index (χ2v) is 5.76. The number of methoxy groups -OCH3 is 1. The van der Waals surface area contributed by atoms with E-state index in [1.807, 2.05) is 0 Å². The second kappa shape index (κ2) is 6.48. The van der Waals surface area contributed by atoms with Crippen LogP contribution in [0.4, 0.5) is 0 Å². The highest BCUT2D eigenvalue weighted by molar-refractivity contribution is 4.94. The van der Waals surface area contributed by atoms with Crippen LogP contribution < -0.4 is 0 Å². The fourth-order valence-electron chi connectivity index (χ4n) is 2.79. The summed E-state index contributed by atoms with van der Waals surface area (Å²) >= 11 is 0. The molecular weight excluding hydrogens is 244 g/mol. The minimum absolute atomic E-state index is 0.131. The molecule has 1 aliphatic rings. The summed E-state index contributed by atoms with van der Waals surface area (Å²) < 4.78 is 10.7. The Morgan fingerprint density at radius 3 is 2.74 bits per heavy atom. The third kappa shape index (κ3) is 3.54. The minimum Gasteiger partial charge on any atom is -0.393 e. The van der Waals surface area contributed by atoms with Crippen LogP contribution in [0.3, 0.4) is 0 Å². The average molecular weight is 268 g/mol. The average Bonchev–Trinajstić information content (AvgIpc) is 2.81. The molecular formula is C14H24N2O3. The van der Waals surface area contributed by atoms with E-state index < -0.39 is 0 Å². The SMILES string of the molecule is COC(c1noc(CC2CCCCC2O)n1)C(C)C. The first-order valence-corrected chi connectivity index (χ1v) is 7.15. The Bertz CT molecular complexity index is 392. The van der Waals surface area contributed by atoms with Crippen molar-refractivity contribution in [3.8, 4) is 0 Å². The first-order chi connectivity index (χ1) is 9.11. The predicted octanol–water partition coefficient (Wildman–Crippen LogP) is 2.51. The van der Waals surface area contributed by atoms with E-state index in [1.54, 1.807) is 7.11 Å². The maximum atomic E-state index is 9.97. The van der Waals surface area contributed by atoms with E-state index in [4.69, 9.17) is 9.26 Å². The first kappa shape index (κ1) is 14.5. The minimum atomic E-state index is -0.229. The molecule has 2 rings (SSSR count). The predicted molar refractivity (Wildman–Crippen MR) is 70.6 cm³/mol. The molecule has 1 N–H and O–H groups in total. The fraction of sp³-hybridized carbons (Fsp3) is 0.857. The molecule has 19 heavy (non-hydrogen) atoms. The van der Waals surface area contributed by atoms with Gasteiger partial charge in [-0.25, -0.2) is 0 Å². The van der Waals surface area contributed by atoms with E-state index >= 15 is 0 Å². The summed E-state index contributed by atoms with van der Waals surface area (Å²) in [6.45, 7) is 4.13. The van der Waals surface area contributed by atoms with Crippen molar-refractivity contribution in [2.24, 2.45) is 11.8 Å². The zero-order chi connectivity index (χ0) is 13.8. The normalized spacial score (nSPS) is 25.7. The molecule has 3 atom stereocenters. The van der Waals surface area contributed by atoms with Crippen LogP contribution >= 0.6 is 0 Å². The van der Waals surface area contributed by atoms with Crippen LogP contribution in [0.25, 0.3) is 0 Å². The molecule has 1 aliphatic carbocycles. The molecule has 1 aromatic heterocycles. The Balaban J connectivity index is 2.00. The highest BCUT2D eigenvalue weighted by atomic mass is 16.5. The maximum Gasteiger partial charge on any atom is 0.227 e. The van der Waals surface area contributed by atoms with Gasteiger partial charge in [0.05, 0.1) is 6.10 Å². The zero-order valence-electron chi connectivity index (χ0n) is 12.0. The number of hydrogen-bond donors (Lipinski definition) is 1. The molecule has 3 unspecified atom stereocenters. The number of nitrogens with zero attached hydrogens (tertiary/aromatic N) is 2. The van der Waals surface area contributed by atoms with Crippen LogP contribution in [-0.2, 0) is 11.2 Å². The van der Waals surface area contributed by atoms with Crippen LogP contribution in [0.15, 0.2) is 4.52 Å². The van der Waals surface area contributed by atoms with Gasteiger partial charge in [0.1, 0.15) is 6.10 Å². The van der Waals surface area contributed by atoms with Crippen molar-refractivity contribution in [2.45, 2.75) is 58.2 Å². The van der Waals surface area contributed by atoms with Crippen molar-refractivity contribution in [3.63, 3.8) is 0 Å². The van der Waals surface area contributed by atoms with E-state index in [9.17, 15) is 5.11 Å². The Hall–Kier alpha value is -0.940. The van der Waals surface area contributed by atoms with Crippen LogP contribution in [0, 0.1) is 11.8 Å². The molecule has 108 valence electrons. The van der Waals surface area contributed by atoms with Crippen LogP contribution in [0.2, 0.25) is 0 Å². The standard InChI is InChI=1S/C14H24N2O3/c1-9(2)13(18-3)14-15-12(19-16-14)8-10-6-4-5-7-11(10)17/h9-11,13,17H,4-8H2,1-3H3. The molecule has 1 aromatic rings. The number of hydrogen-bond acceptors (Lipinski definition) is 5. The van der Waals surface area contributed by atoms with Gasteiger partial charge < -0.3 is 14.4 Å². The summed E-state index contributed by atoms with van der Waals surface area (Å²) in [5, 5.41) is 14.0. The lowest BCUT2D eigenvalue weighted by Crippen LogP contribution is -2.26. The highest BCUT2D eigenvalue weighted by Crippen LogP contribution is 2.28. The lowest BCUT2D eigenvalue weighted by Gasteiger charge is -2.26. The molecule has 5 heteroatoms. The fourth-order valence-corrected chi connectivity index (χ4v) is 2.79. The van der Waals surface area contributed by atoms with Crippen molar-refractivity contribution in [2.75, 3.05) is 7.11 Å². The van der Waals surface area contributed by atoms with Gasteiger partial charge in [-0.1, -0.05) is 31.8 Å². The van der Waals surface area contributed by atoms with E-state index in [1.165, 1.54) is 6.42 Å². The second-order valence-electron chi connectivity index (χ2n) is 5.76. The van der Waals surface area contributed by atoms with Gasteiger partial charge in [0, 0.05) is 13.5 Å². The van der Waals surface area contributed by atoms with E-state index in [2.05, 4.69) is 24.0 Å². The lowest BCUT2D eigenvalue weighted by atomic mass is 9.84. The Kier molecular flexibility index (Phi) is 4.93. The molecule has 5 nitrogen and oxygen atoms in total. The van der Waals surface area contributed by atoms with Gasteiger partial charge in [0.25, 0.3) is 0 Å². The third-order valence-corrected chi connectivity index (χ3v) is 3.90. The molecule has 0 saturated heterocycles. The van der Waals surface area contributed by atoms with Crippen molar-refractivity contribution in [3.05, 3.63) is 11.7 Å². The molecule has 1 saturated carbocycles. The van der Waals surface area contributed by atoms with Crippen molar-refractivity contribution >= 4 is 0 Å². The summed E-state index contributed by atoms with van der Waals surface area (Å²) in [6, 6.07) is 0. The Morgan fingerprint density at radius 1 is 1.37 bits per heavy atom. The molecule has 0 amide bonds. The number of aliphatic hydroxyl groups is 1. The van der Waals surface area contributed by atoms with Crippen LogP contribution in [0.1, 0.15) is 57.3 Å². The summed E-state index contributed by atoms with van der Waals surface area (Å²) in [6.07, 6.45) is 4.53. The number of ether oxygens (including phenoxy) is 1. The third-order valence-electron chi connectivity index (χ3n) is 3.90. The topological polar surface area (TPSA) is 68.4 Å². The summed E-state index contributed by atoms with van der Waals surface area (Å²) in [7, 11) is 1.66. The molecule has 0 radical (unpaired) electrons. The molecule has 0 aliphatic heterocycles. The Labute approximate surface area is 114 Å². The van der Waals surface area contributed by atoms with Crippen molar-refractivity contribution in [1.29, 1.82) is 0 Å². The zero-order valence-corrected chi connectivity index (χ0v) is 12.0. The number of aromatic nitrogens is 2. The quantitative estimate of drug-likeness (QED) is 0.888. The molecule has 1 heterocycles. The van der Waals surface area contributed by atoms with E-state index in [-0.39, 0.29) is 18.1 Å². The van der Waals surface area contributed by atoms with E-state index in [0.29, 0.717) is 24.1 Å². The first-order valence-electron chi connectivity index (χ1n) is 7.15. The van der Waals surface area contributed by atoms with Gasteiger partial charge in [-0.2, -0.15) is 4.98 Å². The molecule has 0 spiro atoms. The summed E-state index contributed by atoms with van der Waals surface area (Å²) in [5.41, 5.74) is 0. The van der Waals surface area contributed by atoms with Gasteiger partial charge in [0.15, 0.2) is 0 Å². The lowest BCUT2D eigenvalue weighted by molar-refractivity contribution is 0.0555. The maximum absolute atomic E-state index is 9.97. The Morgan fingerprint density at radius 2 is 2.11 bits per heavy atom. The van der Waals surface area contributed by atoms with Gasteiger partial charge in [-0.15, -0.1) is 0 Å². The van der Waals surface area contributed by atoms with Gasteiger partial charge in [0.2, 0.25) is 11.7 Å². The monoisotopic (exact) mass is 268 g/mol. The van der Waals surface area contributed by atoms with Crippen LogP contribution in [0.5, 0.6) is 0 Å². The number of aliphatic hydroxyl groups excluding tert-OH is 1. The van der Waals surface area contributed by atoms with Gasteiger partial charge >= 0.3 is 0 Å². The van der Waals surface area contributed by atoms with Crippen LogP contribution in [-0.4, -0.2) is 28.5 Å². The summed E-state index contributed by atoms with van der Waals surface area (Å²) in [4.78, 5) is 4.42. The number of rotatable bonds is 5. The smallest absolute Gasteiger partial charge is 0.227 e. The van der Waals surface area contributed by atoms with Crippen molar-refractivity contribution < 1.29 is 14.4 Å². The highest BCUT2D eigenvalue weighted by Gasteiger charge is 2.27.